The molecular formula is C18H24O3. The highest BCUT2D eigenvalue weighted by Gasteiger charge is 2.17. The average Bonchev–Trinajstić information content (AvgIpc) is 2.36. The van der Waals surface area contributed by atoms with Crippen LogP contribution in [0.15, 0.2) is 18.2 Å². The number of Topliss-reactive ketones (excluding diaryl/α,β-unsaturated/α-hetero) is 1. The summed E-state index contributed by atoms with van der Waals surface area (Å²) in [5.41, 5.74) is 3.25. The van der Waals surface area contributed by atoms with Gasteiger partial charge in [-0.25, -0.2) is 0 Å². The van der Waals surface area contributed by atoms with Gasteiger partial charge >= 0.3 is 5.97 Å². The van der Waals surface area contributed by atoms with Crippen molar-refractivity contribution in [1.82, 2.24) is 0 Å². The standard InChI is InChI=1S/C18H24O3/c1-18(2,3)21-17(20)6-4-5-13-7-8-14-9-10-16(19)12-15(14)11-13/h7-8,11H,4-6,9-10,12H2,1-3H3. The second-order valence-electron chi connectivity index (χ2n) is 6.76. The van der Waals surface area contributed by atoms with Gasteiger partial charge in [0, 0.05) is 19.3 Å². The minimum atomic E-state index is -0.413. The summed E-state index contributed by atoms with van der Waals surface area (Å²) < 4.78 is 5.30. The van der Waals surface area contributed by atoms with E-state index in [2.05, 4.69) is 18.2 Å². The molecule has 0 N–H and O–H groups in total. The van der Waals surface area contributed by atoms with Crippen LogP contribution in [0, 0.1) is 0 Å². The Morgan fingerprint density at radius 2 is 1.95 bits per heavy atom. The lowest BCUT2D eigenvalue weighted by Gasteiger charge is -2.19. The normalized spacial score (nSPS) is 14.7. The minimum absolute atomic E-state index is 0.143. The molecule has 1 aromatic rings. The lowest BCUT2D eigenvalue weighted by molar-refractivity contribution is -0.154. The molecule has 0 saturated carbocycles. The van der Waals surface area contributed by atoms with Crippen LogP contribution in [0.4, 0.5) is 0 Å². The molecular weight excluding hydrogens is 264 g/mol. The van der Waals surface area contributed by atoms with Crippen molar-refractivity contribution >= 4 is 11.8 Å². The third-order valence-corrected chi connectivity index (χ3v) is 3.60. The molecule has 1 aromatic carbocycles. The SMILES string of the molecule is CC(C)(C)OC(=O)CCCc1ccc2c(c1)CC(=O)CC2. The predicted octanol–water partition coefficient (Wildman–Crippen LogP) is 3.41. The number of carbonyl (C=O) groups is 2. The molecule has 3 heteroatoms. The van der Waals surface area contributed by atoms with Gasteiger partial charge in [-0.1, -0.05) is 18.2 Å². The molecule has 0 atom stereocenters. The quantitative estimate of drug-likeness (QED) is 0.797. The Bertz CT molecular complexity index is 538. The summed E-state index contributed by atoms with van der Waals surface area (Å²) in [4.78, 5) is 23.2. The Labute approximate surface area is 126 Å². The van der Waals surface area contributed by atoms with Crippen LogP contribution >= 0.6 is 0 Å². The smallest absolute Gasteiger partial charge is 0.306 e. The van der Waals surface area contributed by atoms with Gasteiger partial charge in [-0.15, -0.1) is 0 Å². The van der Waals surface area contributed by atoms with Crippen LogP contribution in [0.3, 0.4) is 0 Å². The van der Waals surface area contributed by atoms with Gasteiger partial charge in [-0.3, -0.25) is 9.59 Å². The van der Waals surface area contributed by atoms with Gasteiger partial charge in [-0.2, -0.15) is 0 Å². The molecule has 0 unspecified atom stereocenters. The molecule has 0 spiro atoms. The summed E-state index contributed by atoms with van der Waals surface area (Å²) in [6.07, 6.45) is 4.17. The van der Waals surface area contributed by atoms with Gasteiger partial charge in [0.05, 0.1) is 0 Å². The molecule has 0 amide bonds. The molecule has 0 aromatic heterocycles. The highest BCUT2D eigenvalue weighted by Crippen LogP contribution is 2.21. The molecule has 2 rings (SSSR count). The summed E-state index contributed by atoms with van der Waals surface area (Å²) in [6.45, 7) is 5.64. The molecule has 0 aliphatic heterocycles. The van der Waals surface area contributed by atoms with Crippen LogP contribution in [0.25, 0.3) is 0 Å². The molecule has 0 radical (unpaired) electrons. The molecule has 0 bridgehead atoms. The van der Waals surface area contributed by atoms with Crippen LogP contribution < -0.4 is 0 Å². The predicted molar refractivity (Wildman–Crippen MR) is 82.3 cm³/mol. The van der Waals surface area contributed by atoms with E-state index in [1.165, 1.54) is 16.7 Å². The molecule has 1 aliphatic rings. The average molecular weight is 288 g/mol. The largest absolute Gasteiger partial charge is 0.460 e. The van der Waals surface area contributed by atoms with Crippen LogP contribution in [0.2, 0.25) is 0 Å². The third kappa shape index (κ3) is 5.00. The maximum Gasteiger partial charge on any atom is 0.306 e. The fourth-order valence-electron chi connectivity index (χ4n) is 2.65. The second kappa shape index (κ2) is 6.42. The number of ether oxygens (including phenoxy) is 1. The van der Waals surface area contributed by atoms with E-state index in [1.807, 2.05) is 20.8 Å². The summed E-state index contributed by atoms with van der Waals surface area (Å²) >= 11 is 0. The van der Waals surface area contributed by atoms with Crippen LogP contribution in [0.5, 0.6) is 0 Å². The number of esters is 1. The zero-order chi connectivity index (χ0) is 15.5. The van der Waals surface area contributed by atoms with E-state index in [9.17, 15) is 9.59 Å². The number of rotatable bonds is 4. The number of hydrogen-bond donors (Lipinski definition) is 0. The molecule has 1 aliphatic carbocycles. The lowest BCUT2D eigenvalue weighted by atomic mass is 9.89. The summed E-state index contributed by atoms with van der Waals surface area (Å²) in [6, 6.07) is 6.37. The lowest BCUT2D eigenvalue weighted by Crippen LogP contribution is -2.23. The molecule has 114 valence electrons. The topological polar surface area (TPSA) is 43.4 Å². The fraction of sp³-hybridized carbons (Fsp3) is 0.556. The van der Waals surface area contributed by atoms with Crippen molar-refractivity contribution in [3.05, 3.63) is 34.9 Å². The number of carbonyl (C=O) groups excluding carboxylic acids is 2. The highest BCUT2D eigenvalue weighted by atomic mass is 16.6. The fourth-order valence-corrected chi connectivity index (χ4v) is 2.65. The van der Waals surface area contributed by atoms with Crippen LogP contribution in [-0.2, 0) is 33.6 Å². The van der Waals surface area contributed by atoms with E-state index in [4.69, 9.17) is 4.74 Å². The van der Waals surface area contributed by atoms with Gasteiger partial charge in [0.2, 0.25) is 0 Å². The van der Waals surface area contributed by atoms with Crippen molar-refractivity contribution in [3.8, 4) is 0 Å². The molecule has 3 nitrogen and oxygen atoms in total. The number of hydrogen-bond acceptors (Lipinski definition) is 3. The van der Waals surface area contributed by atoms with Gasteiger partial charge in [0.1, 0.15) is 11.4 Å². The second-order valence-corrected chi connectivity index (χ2v) is 6.76. The molecule has 0 heterocycles. The van der Waals surface area contributed by atoms with Crippen molar-refractivity contribution in [1.29, 1.82) is 0 Å². The zero-order valence-corrected chi connectivity index (χ0v) is 13.2. The van der Waals surface area contributed by atoms with Gasteiger partial charge in [0.15, 0.2) is 0 Å². The molecule has 0 fully saturated rings. The Morgan fingerprint density at radius 1 is 1.19 bits per heavy atom. The first kappa shape index (κ1) is 15.7. The molecule has 0 saturated heterocycles. The monoisotopic (exact) mass is 288 g/mol. The summed E-state index contributed by atoms with van der Waals surface area (Å²) in [5, 5.41) is 0. The summed E-state index contributed by atoms with van der Waals surface area (Å²) in [5.74, 6) is 0.184. The number of ketones is 1. The molecule has 21 heavy (non-hydrogen) atoms. The van der Waals surface area contributed by atoms with E-state index < -0.39 is 5.60 Å². The first-order valence-corrected chi connectivity index (χ1v) is 7.68. The van der Waals surface area contributed by atoms with Crippen molar-refractivity contribution in [2.24, 2.45) is 0 Å². The number of aryl methyl sites for hydroxylation is 2. The third-order valence-electron chi connectivity index (χ3n) is 3.60. The zero-order valence-electron chi connectivity index (χ0n) is 13.2. The van der Waals surface area contributed by atoms with E-state index >= 15 is 0 Å². The van der Waals surface area contributed by atoms with Crippen LogP contribution in [0.1, 0.15) is 56.7 Å². The Kier molecular flexibility index (Phi) is 4.81. The van der Waals surface area contributed by atoms with Gasteiger partial charge < -0.3 is 4.74 Å². The Morgan fingerprint density at radius 3 is 2.67 bits per heavy atom. The maximum atomic E-state index is 11.7. The van der Waals surface area contributed by atoms with E-state index in [0.717, 1.165) is 19.3 Å². The highest BCUT2D eigenvalue weighted by molar-refractivity contribution is 5.83. The van der Waals surface area contributed by atoms with Gasteiger partial charge in [-0.05, 0) is 56.7 Å². The van der Waals surface area contributed by atoms with Crippen molar-refractivity contribution in [3.63, 3.8) is 0 Å². The van der Waals surface area contributed by atoms with E-state index in [0.29, 0.717) is 25.0 Å². The van der Waals surface area contributed by atoms with E-state index in [-0.39, 0.29) is 5.97 Å². The Hall–Kier alpha value is -1.64. The summed E-state index contributed by atoms with van der Waals surface area (Å²) in [7, 11) is 0. The van der Waals surface area contributed by atoms with Crippen LogP contribution in [-0.4, -0.2) is 17.4 Å². The first-order valence-electron chi connectivity index (χ1n) is 7.68. The van der Waals surface area contributed by atoms with Crippen molar-refractivity contribution in [2.75, 3.05) is 0 Å². The Balaban J connectivity index is 1.85. The maximum absolute atomic E-state index is 11.7. The first-order chi connectivity index (χ1) is 9.83. The van der Waals surface area contributed by atoms with Crippen molar-refractivity contribution in [2.45, 2.75) is 64.9 Å². The van der Waals surface area contributed by atoms with Gasteiger partial charge in [0.25, 0.3) is 0 Å². The minimum Gasteiger partial charge on any atom is -0.460 e. The number of fused-ring (bicyclic) bond motifs is 1. The number of benzene rings is 1. The van der Waals surface area contributed by atoms with E-state index in [1.54, 1.807) is 0 Å². The van der Waals surface area contributed by atoms with Crippen molar-refractivity contribution < 1.29 is 14.3 Å².